The highest BCUT2D eigenvalue weighted by Crippen LogP contribution is 2.09. The highest BCUT2D eigenvalue weighted by Gasteiger charge is 2.09. The van der Waals surface area contributed by atoms with E-state index in [-0.39, 0.29) is 12.2 Å². The third-order valence-electron chi connectivity index (χ3n) is 2.96. The van der Waals surface area contributed by atoms with Crippen LogP contribution in [0.5, 0.6) is 0 Å². The largest absolute Gasteiger partial charge is 0.456 e. The molecule has 0 saturated carbocycles. The Balaban J connectivity index is 1.74. The van der Waals surface area contributed by atoms with Crippen molar-refractivity contribution in [2.75, 3.05) is 0 Å². The first-order valence-electron chi connectivity index (χ1n) is 6.30. The summed E-state index contributed by atoms with van der Waals surface area (Å²) in [7, 11) is 0. The number of carbonyl (C=O) groups is 1. The third-order valence-corrected chi connectivity index (χ3v) is 3.71. The van der Waals surface area contributed by atoms with Crippen LogP contribution in [0.25, 0.3) is 4.96 Å². The number of esters is 1. The van der Waals surface area contributed by atoms with Gasteiger partial charge in [-0.15, -0.1) is 11.3 Å². The van der Waals surface area contributed by atoms with E-state index < -0.39 is 5.97 Å². The fourth-order valence-electron chi connectivity index (χ4n) is 1.87. The summed E-state index contributed by atoms with van der Waals surface area (Å²) in [5.74, 6) is -0.530. The second-order valence-corrected chi connectivity index (χ2v) is 5.28. The van der Waals surface area contributed by atoms with Gasteiger partial charge in [-0.3, -0.25) is 9.20 Å². The molecule has 0 fully saturated rings. The summed E-state index contributed by atoms with van der Waals surface area (Å²) in [4.78, 5) is 28.5. The molecule has 0 aliphatic carbocycles. The van der Waals surface area contributed by atoms with E-state index in [1.165, 1.54) is 33.9 Å². The smallest absolute Gasteiger partial charge is 0.338 e. The molecular formula is C15H9N3O3S. The zero-order valence-electron chi connectivity index (χ0n) is 11.2. The Bertz CT molecular complexity index is 935. The SMILES string of the molecule is N#Cc1ccc(C(=O)OCc2cc(=O)n3ccsc3n2)cc1. The molecule has 3 rings (SSSR count). The van der Waals surface area contributed by atoms with E-state index in [4.69, 9.17) is 10.00 Å². The lowest BCUT2D eigenvalue weighted by molar-refractivity contribution is 0.0468. The fourth-order valence-corrected chi connectivity index (χ4v) is 2.60. The van der Waals surface area contributed by atoms with Crippen molar-refractivity contribution in [3.05, 3.63) is 69.1 Å². The van der Waals surface area contributed by atoms with Crippen LogP contribution in [0, 0.1) is 11.3 Å². The van der Waals surface area contributed by atoms with Gasteiger partial charge in [0.05, 0.1) is 22.9 Å². The van der Waals surface area contributed by atoms with Gasteiger partial charge in [-0.1, -0.05) is 0 Å². The molecule has 0 unspecified atom stereocenters. The molecule has 0 N–H and O–H groups in total. The number of hydrogen-bond donors (Lipinski definition) is 0. The van der Waals surface area contributed by atoms with E-state index >= 15 is 0 Å². The molecule has 0 aliphatic heterocycles. The lowest BCUT2D eigenvalue weighted by Crippen LogP contribution is -2.14. The summed E-state index contributed by atoms with van der Waals surface area (Å²) in [6.45, 7) is -0.0809. The molecule has 2 aromatic heterocycles. The normalized spacial score (nSPS) is 10.3. The van der Waals surface area contributed by atoms with Crippen molar-refractivity contribution < 1.29 is 9.53 Å². The second-order valence-electron chi connectivity index (χ2n) is 4.41. The lowest BCUT2D eigenvalue weighted by Gasteiger charge is -2.04. The standard InChI is InChI=1S/C15H9N3O3S/c16-8-10-1-3-11(4-2-10)14(20)21-9-12-7-13(19)18-5-6-22-15(18)17-12/h1-7H,9H2. The lowest BCUT2D eigenvalue weighted by atomic mass is 10.1. The van der Waals surface area contributed by atoms with Gasteiger partial charge in [-0.25, -0.2) is 9.78 Å². The van der Waals surface area contributed by atoms with Gasteiger partial charge in [-0.2, -0.15) is 5.26 Å². The summed E-state index contributed by atoms with van der Waals surface area (Å²) in [5.41, 5.74) is 0.993. The molecular weight excluding hydrogens is 302 g/mol. The van der Waals surface area contributed by atoms with Gasteiger partial charge in [0.2, 0.25) is 0 Å². The van der Waals surface area contributed by atoms with Crippen molar-refractivity contribution in [3.8, 4) is 6.07 Å². The summed E-state index contributed by atoms with van der Waals surface area (Å²) in [5, 5.41) is 10.5. The van der Waals surface area contributed by atoms with Gasteiger partial charge in [0.1, 0.15) is 6.61 Å². The van der Waals surface area contributed by atoms with Crippen molar-refractivity contribution in [1.82, 2.24) is 9.38 Å². The highest BCUT2D eigenvalue weighted by molar-refractivity contribution is 7.15. The molecule has 0 atom stereocenters. The second kappa shape index (κ2) is 5.79. The first-order chi connectivity index (χ1) is 10.7. The number of ether oxygens (including phenoxy) is 1. The molecule has 7 heteroatoms. The van der Waals surface area contributed by atoms with Crippen LogP contribution in [0.2, 0.25) is 0 Å². The maximum atomic E-state index is 11.9. The van der Waals surface area contributed by atoms with Gasteiger partial charge in [-0.05, 0) is 24.3 Å². The Morgan fingerprint density at radius 2 is 2.14 bits per heavy atom. The van der Waals surface area contributed by atoms with Crippen LogP contribution >= 0.6 is 11.3 Å². The van der Waals surface area contributed by atoms with E-state index in [1.54, 1.807) is 23.7 Å². The molecule has 0 aliphatic rings. The van der Waals surface area contributed by atoms with Crippen LogP contribution in [0.1, 0.15) is 21.6 Å². The number of hydrogen-bond acceptors (Lipinski definition) is 6. The van der Waals surface area contributed by atoms with E-state index in [0.717, 1.165) is 0 Å². The Labute approximate surface area is 128 Å². The summed E-state index contributed by atoms with van der Waals surface area (Å²) < 4.78 is 6.57. The average Bonchev–Trinajstić information content (AvgIpc) is 3.02. The van der Waals surface area contributed by atoms with E-state index in [0.29, 0.717) is 21.8 Å². The van der Waals surface area contributed by atoms with Crippen LogP contribution in [0.15, 0.2) is 46.7 Å². The molecule has 0 amide bonds. The number of nitrogens with zero attached hydrogens (tertiary/aromatic N) is 3. The van der Waals surface area contributed by atoms with Crippen molar-refractivity contribution in [2.24, 2.45) is 0 Å². The minimum Gasteiger partial charge on any atom is -0.456 e. The van der Waals surface area contributed by atoms with E-state index in [1.807, 2.05) is 6.07 Å². The maximum Gasteiger partial charge on any atom is 0.338 e. The van der Waals surface area contributed by atoms with Gasteiger partial charge >= 0.3 is 5.97 Å². The maximum absolute atomic E-state index is 11.9. The molecule has 2 heterocycles. The number of fused-ring (bicyclic) bond motifs is 1. The number of thiazole rings is 1. The molecule has 22 heavy (non-hydrogen) atoms. The van der Waals surface area contributed by atoms with Gasteiger partial charge < -0.3 is 4.74 Å². The highest BCUT2D eigenvalue weighted by atomic mass is 32.1. The summed E-state index contributed by atoms with van der Waals surface area (Å²) in [6.07, 6.45) is 1.64. The van der Waals surface area contributed by atoms with Gasteiger partial charge in [0.25, 0.3) is 5.56 Å². The zero-order chi connectivity index (χ0) is 15.5. The number of rotatable bonds is 3. The van der Waals surface area contributed by atoms with Crippen molar-refractivity contribution >= 4 is 22.3 Å². The van der Waals surface area contributed by atoms with Gasteiger partial charge in [0.15, 0.2) is 4.96 Å². The van der Waals surface area contributed by atoms with Crippen molar-refractivity contribution in [3.63, 3.8) is 0 Å². The van der Waals surface area contributed by atoms with Crippen LogP contribution in [0.3, 0.4) is 0 Å². The predicted molar refractivity (Wildman–Crippen MR) is 79.6 cm³/mol. The molecule has 0 bridgehead atoms. The fraction of sp³-hybridized carbons (Fsp3) is 0.0667. The molecule has 1 aromatic carbocycles. The topological polar surface area (TPSA) is 84.5 Å². The average molecular weight is 311 g/mol. The first kappa shape index (κ1) is 14.0. The summed E-state index contributed by atoms with van der Waals surface area (Å²) in [6, 6.07) is 9.43. The van der Waals surface area contributed by atoms with Crippen LogP contribution in [-0.4, -0.2) is 15.4 Å². The Hall–Kier alpha value is -2.98. The Morgan fingerprint density at radius 1 is 1.36 bits per heavy atom. The number of carbonyl (C=O) groups excluding carboxylic acids is 1. The molecule has 108 valence electrons. The molecule has 3 aromatic rings. The van der Waals surface area contributed by atoms with E-state index in [2.05, 4.69) is 4.98 Å². The minimum atomic E-state index is -0.530. The monoisotopic (exact) mass is 311 g/mol. The van der Waals surface area contributed by atoms with Crippen LogP contribution in [-0.2, 0) is 11.3 Å². The quantitative estimate of drug-likeness (QED) is 0.691. The van der Waals surface area contributed by atoms with Crippen LogP contribution < -0.4 is 5.56 Å². The number of benzene rings is 1. The first-order valence-corrected chi connectivity index (χ1v) is 7.18. The molecule has 6 nitrogen and oxygen atoms in total. The van der Waals surface area contributed by atoms with Gasteiger partial charge in [0, 0.05) is 17.6 Å². The number of aromatic nitrogens is 2. The Morgan fingerprint density at radius 3 is 2.86 bits per heavy atom. The molecule has 0 saturated heterocycles. The molecule has 0 spiro atoms. The molecule has 0 radical (unpaired) electrons. The zero-order valence-corrected chi connectivity index (χ0v) is 12.0. The third kappa shape index (κ3) is 2.73. The minimum absolute atomic E-state index is 0.0809. The van der Waals surface area contributed by atoms with Crippen molar-refractivity contribution in [2.45, 2.75) is 6.61 Å². The van der Waals surface area contributed by atoms with Crippen molar-refractivity contribution in [1.29, 1.82) is 5.26 Å². The predicted octanol–water partition coefficient (Wildman–Crippen LogP) is 1.98. The Kier molecular flexibility index (Phi) is 3.68. The number of nitriles is 1. The van der Waals surface area contributed by atoms with Crippen LogP contribution in [0.4, 0.5) is 0 Å². The van der Waals surface area contributed by atoms with E-state index in [9.17, 15) is 9.59 Å². The summed E-state index contributed by atoms with van der Waals surface area (Å²) >= 11 is 1.33.